The molecule has 0 aromatic heterocycles. The molecule has 0 unspecified atom stereocenters. The zero-order valence-electron chi connectivity index (χ0n) is 13.1. The van der Waals surface area contributed by atoms with E-state index in [9.17, 15) is 9.59 Å². The Balaban J connectivity index is 2.00. The van der Waals surface area contributed by atoms with Crippen molar-refractivity contribution in [3.8, 4) is 5.75 Å². The van der Waals surface area contributed by atoms with Crippen molar-refractivity contribution in [2.24, 2.45) is 0 Å². The number of nitrogen functional groups attached to an aromatic ring is 1. The Morgan fingerprint density at radius 1 is 1.32 bits per heavy atom. The Labute approximate surface area is 130 Å². The molecule has 1 aliphatic rings. The van der Waals surface area contributed by atoms with Crippen LogP contribution in [-0.2, 0) is 4.79 Å². The first-order valence-corrected chi connectivity index (χ1v) is 7.66. The Bertz CT molecular complexity index is 552. The first kappa shape index (κ1) is 16.1. The number of rotatable bonds is 7. The molecule has 0 spiro atoms. The van der Waals surface area contributed by atoms with Crippen LogP contribution in [0.1, 0.15) is 37.0 Å². The molecule has 1 fully saturated rings. The van der Waals surface area contributed by atoms with E-state index in [4.69, 9.17) is 10.5 Å². The third kappa shape index (κ3) is 4.13. The minimum Gasteiger partial charge on any atom is -0.482 e. The molecule has 1 aromatic carbocycles. The predicted octanol–water partition coefficient (Wildman–Crippen LogP) is 1.41. The van der Waals surface area contributed by atoms with Gasteiger partial charge in [-0.2, -0.15) is 0 Å². The predicted molar refractivity (Wildman–Crippen MR) is 84.8 cm³/mol. The van der Waals surface area contributed by atoms with Crippen LogP contribution in [0.5, 0.6) is 5.75 Å². The summed E-state index contributed by atoms with van der Waals surface area (Å²) in [5.41, 5.74) is 6.75. The van der Waals surface area contributed by atoms with Gasteiger partial charge in [0.2, 0.25) is 0 Å². The van der Waals surface area contributed by atoms with Gasteiger partial charge in [0.1, 0.15) is 5.75 Å². The van der Waals surface area contributed by atoms with E-state index in [0.717, 1.165) is 12.8 Å². The lowest BCUT2D eigenvalue weighted by Gasteiger charge is -2.19. The van der Waals surface area contributed by atoms with Crippen LogP contribution in [0.15, 0.2) is 18.2 Å². The molecule has 0 saturated heterocycles. The van der Waals surface area contributed by atoms with Gasteiger partial charge < -0.3 is 20.7 Å². The molecule has 0 atom stereocenters. The Morgan fingerprint density at radius 2 is 2.00 bits per heavy atom. The average Bonchev–Trinajstić information content (AvgIpc) is 3.31. The SMILES string of the molecule is CCN(CC)C(=O)COc1cc(C(=O)NC2CC2)ccc1N. The second kappa shape index (κ2) is 7.15. The number of amides is 2. The third-order valence-electron chi connectivity index (χ3n) is 3.66. The topological polar surface area (TPSA) is 84.7 Å². The fourth-order valence-corrected chi connectivity index (χ4v) is 2.10. The molecule has 6 nitrogen and oxygen atoms in total. The molecule has 0 heterocycles. The van der Waals surface area contributed by atoms with Gasteiger partial charge in [0, 0.05) is 24.7 Å². The molecule has 0 aliphatic heterocycles. The smallest absolute Gasteiger partial charge is 0.260 e. The molecule has 3 N–H and O–H groups in total. The number of carbonyl (C=O) groups excluding carboxylic acids is 2. The van der Waals surface area contributed by atoms with Crippen LogP contribution < -0.4 is 15.8 Å². The molecule has 0 radical (unpaired) electrons. The number of nitrogens with zero attached hydrogens (tertiary/aromatic N) is 1. The zero-order valence-corrected chi connectivity index (χ0v) is 13.1. The van der Waals surface area contributed by atoms with Gasteiger partial charge in [0.05, 0.1) is 5.69 Å². The van der Waals surface area contributed by atoms with E-state index in [1.54, 1.807) is 23.1 Å². The highest BCUT2D eigenvalue weighted by atomic mass is 16.5. The van der Waals surface area contributed by atoms with Crippen molar-refractivity contribution in [3.05, 3.63) is 23.8 Å². The normalized spacial score (nSPS) is 13.5. The van der Waals surface area contributed by atoms with Gasteiger partial charge >= 0.3 is 0 Å². The first-order chi connectivity index (χ1) is 10.5. The number of anilines is 1. The number of likely N-dealkylation sites (N-methyl/N-ethyl adjacent to an activating group) is 1. The van der Waals surface area contributed by atoms with Crippen molar-refractivity contribution in [3.63, 3.8) is 0 Å². The summed E-state index contributed by atoms with van der Waals surface area (Å²) in [6.45, 7) is 5.02. The second-order valence-electron chi connectivity index (χ2n) is 5.36. The van der Waals surface area contributed by atoms with Crippen molar-refractivity contribution < 1.29 is 14.3 Å². The van der Waals surface area contributed by atoms with E-state index in [-0.39, 0.29) is 18.4 Å². The fourth-order valence-electron chi connectivity index (χ4n) is 2.10. The van der Waals surface area contributed by atoms with Gasteiger partial charge in [0.15, 0.2) is 6.61 Å². The monoisotopic (exact) mass is 305 g/mol. The minimum absolute atomic E-state index is 0.0838. The summed E-state index contributed by atoms with van der Waals surface area (Å²) in [6.07, 6.45) is 2.06. The minimum atomic E-state index is -0.137. The summed E-state index contributed by atoms with van der Waals surface area (Å²) in [5.74, 6) is 0.128. The number of hydrogen-bond donors (Lipinski definition) is 2. The Hall–Kier alpha value is -2.24. The van der Waals surface area contributed by atoms with Gasteiger partial charge in [-0.3, -0.25) is 9.59 Å². The van der Waals surface area contributed by atoms with Crippen LogP contribution in [0.25, 0.3) is 0 Å². The zero-order chi connectivity index (χ0) is 16.1. The largest absolute Gasteiger partial charge is 0.482 e. The van der Waals surface area contributed by atoms with E-state index in [1.165, 1.54) is 0 Å². The molecule has 2 rings (SSSR count). The first-order valence-electron chi connectivity index (χ1n) is 7.66. The molecule has 120 valence electrons. The third-order valence-corrected chi connectivity index (χ3v) is 3.66. The number of nitrogens with two attached hydrogens (primary N) is 1. The Kier molecular flexibility index (Phi) is 5.25. The number of hydrogen-bond acceptors (Lipinski definition) is 4. The maximum absolute atomic E-state index is 12.0. The molecule has 6 heteroatoms. The van der Waals surface area contributed by atoms with Gasteiger partial charge in [-0.15, -0.1) is 0 Å². The van der Waals surface area contributed by atoms with Gasteiger partial charge in [-0.25, -0.2) is 0 Å². The lowest BCUT2D eigenvalue weighted by Crippen LogP contribution is -2.34. The molecular formula is C16H23N3O3. The maximum atomic E-state index is 12.0. The summed E-state index contributed by atoms with van der Waals surface area (Å²) in [4.78, 5) is 25.6. The van der Waals surface area contributed by atoms with E-state index < -0.39 is 0 Å². The van der Waals surface area contributed by atoms with Crippen molar-refractivity contribution >= 4 is 17.5 Å². The fraction of sp³-hybridized carbons (Fsp3) is 0.500. The van der Waals surface area contributed by atoms with E-state index in [2.05, 4.69) is 5.32 Å². The van der Waals surface area contributed by atoms with Gasteiger partial charge in [0.25, 0.3) is 11.8 Å². The van der Waals surface area contributed by atoms with Crippen molar-refractivity contribution in [1.29, 1.82) is 0 Å². The molecule has 2 amide bonds. The lowest BCUT2D eigenvalue weighted by atomic mass is 10.1. The summed E-state index contributed by atoms with van der Waals surface area (Å²) >= 11 is 0. The quantitative estimate of drug-likeness (QED) is 0.746. The van der Waals surface area contributed by atoms with Crippen LogP contribution in [0, 0.1) is 0 Å². The molecular weight excluding hydrogens is 282 g/mol. The maximum Gasteiger partial charge on any atom is 0.260 e. The van der Waals surface area contributed by atoms with Crippen LogP contribution in [0.4, 0.5) is 5.69 Å². The molecule has 1 aromatic rings. The average molecular weight is 305 g/mol. The second-order valence-corrected chi connectivity index (χ2v) is 5.36. The standard InChI is InChI=1S/C16H23N3O3/c1-3-19(4-2)15(20)10-22-14-9-11(5-8-13(14)17)16(21)18-12-6-7-12/h5,8-9,12H,3-4,6-7,10,17H2,1-2H3,(H,18,21). The number of ether oxygens (including phenoxy) is 1. The van der Waals surface area contributed by atoms with Crippen LogP contribution >= 0.6 is 0 Å². The van der Waals surface area contributed by atoms with Crippen LogP contribution in [0.2, 0.25) is 0 Å². The van der Waals surface area contributed by atoms with Gasteiger partial charge in [-0.1, -0.05) is 0 Å². The summed E-state index contributed by atoms with van der Waals surface area (Å²) < 4.78 is 5.50. The highest BCUT2D eigenvalue weighted by Crippen LogP contribution is 2.24. The summed E-state index contributed by atoms with van der Waals surface area (Å²) in [7, 11) is 0. The molecule has 22 heavy (non-hydrogen) atoms. The number of nitrogens with one attached hydrogen (secondary N) is 1. The Morgan fingerprint density at radius 3 is 2.59 bits per heavy atom. The lowest BCUT2D eigenvalue weighted by molar-refractivity contribution is -0.132. The number of benzene rings is 1. The van der Waals surface area contributed by atoms with E-state index in [1.807, 2.05) is 13.8 Å². The number of carbonyl (C=O) groups is 2. The van der Waals surface area contributed by atoms with Crippen molar-refractivity contribution in [2.45, 2.75) is 32.7 Å². The highest BCUT2D eigenvalue weighted by molar-refractivity contribution is 5.95. The van der Waals surface area contributed by atoms with Crippen molar-refractivity contribution in [2.75, 3.05) is 25.4 Å². The van der Waals surface area contributed by atoms with Crippen LogP contribution in [-0.4, -0.2) is 42.5 Å². The van der Waals surface area contributed by atoms with Gasteiger partial charge in [-0.05, 0) is 44.9 Å². The molecule has 0 bridgehead atoms. The van der Waals surface area contributed by atoms with Crippen molar-refractivity contribution in [1.82, 2.24) is 10.2 Å². The van der Waals surface area contributed by atoms with E-state index >= 15 is 0 Å². The van der Waals surface area contributed by atoms with Crippen LogP contribution in [0.3, 0.4) is 0 Å². The molecule has 1 aliphatic carbocycles. The summed E-state index contributed by atoms with van der Waals surface area (Å²) in [6, 6.07) is 5.16. The highest BCUT2D eigenvalue weighted by Gasteiger charge is 2.24. The molecule has 1 saturated carbocycles. The van der Waals surface area contributed by atoms with E-state index in [0.29, 0.717) is 36.1 Å². The summed E-state index contributed by atoms with van der Waals surface area (Å²) in [5, 5.41) is 2.91.